The van der Waals surface area contributed by atoms with E-state index in [1.54, 1.807) is 17.7 Å². The molecule has 4 rings (SSSR count). The molecule has 2 aromatic heterocycles. The highest BCUT2D eigenvalue weighted by atomic mass is 32.1. The van der Waals surface area contributed by atoms with Crippen molar-refractivity contribution in [2.45, 2.75) is 25.4 Å². The molecule has 1 aliphatic rings. The maximum absolute atomic E-state index is 12.8. The number of piperidine rings is 1. The Morgan fingerprint density at radius 3 is 2.96 bits per heavy atom. The second-order valence-electron chi connectivity index (χ2n) is 5.94. The van der Waals surface area contributed by atoms with Crippen LogP contribution in [0.5, 0.6) is 0 Å². The third-order valence-corrected chi connectivity index (χ3v) is 5.21. The summed E-state index contributed by atoms with van der Waals surface area (Å²) in [5.41, 5.74) is 2.08. The standard InChI is InChI=1S/C18H18N4OS/c23-18-15(21-17-16-14(8-10-24-16)19-12-20-17)7-4-9-22(18)11-13-5-2-1-3-6-13/h1-3,5-6,8,10,12,15H,4,7,9,11H2,(H,19,20,21). The highest BCUT2D eigenvalue weighted by molar-refractivity contribution is 7.17. The van der Waals surface area contributed by atoms with Crippen molar-refractivity contribution in [2.24, 2.45) is 0 Å². The van der Waals surface area contributed by atoms with Crippen LogP contribution in [0.1, 0.15) is 18.4 Å². The van der Waals surface area contributed by atoms with Crippen LogP contribution in [0, 0.1) is 0 Å². The summed E-state index contributed by atoms with van der Waals surface area (Å²) in [6, 6.07) is 11.9. The summed E-state index contributed by atoms with van der Waals surface area (Å²) >= 11 is 1.59. The first-order chi connectivity index (χ1) is 11.8. The van der Waals surface area contributed by atoms with E-state index in [-0.39, 0.29) is 11.9 Å². The number of hydrogen-bond acceptors (Lipinski definition) is 5. The zero-order chi connectivity index (χ0) is 16.4. The molecular weight excluding hydrogens is 320 g/mol. The summed E-state index contributed by atoms with van der Waals surface area (Å²) in [7, 11) is 0. The molecule has 0 aliphatic carbocycles. The number of fused-ring (bicyclic) bond motifs is 1. The molecule has 122 valence electrons. The number of amides is 1. The minimum atomic E-state index is -0.220. The van der Waals surface area contributed by atoms with Gasteiger partial charge >= 0.3 is 0 Å². The summed E-state index contributed by atoms with van der Waals surface area (Å²) in [6.07, 6.45) is 3.38. The van der Waals surface area contributed by atoms with Gasteiger partial charge in [0.2, 0.25) is 5.91 Å². The number of anilines is 1. The van der Waals surface area contributed by atoms with Crippen LogP contribution in [0.4, 0.5) is 5.82 Å². The van der Waals surface area contributed by atoms with E-state index in [2.05, 4.69) is 27.4 Å². The maximum atomic E-state index is 12.8. The van der Waals surface area contributed by atoms with E-state index in [1.165, 1.54) is 0 Å². The van der Waals surface area contributed by atoms with Crippen molar-refractivity contribution in [3.8, 4) is 0 Å². The fourth-order valence-corrected chi connectivity index (χ4v) is 3.89. The Morgan fingerprint density at radius 1 is 1.21 bits per heavy atom. The minimum absolute atomic E-state index is 0.147. The molecule has 0 radical (unpaired) electrons. The average Bonchev–Trinajstić information content (AvgIpc) is 3.09. The Bertz CT molecular complexity index is 848. The van der Waals surface area contributed by atoms with Gasteiger partial charge in [-0.15, -0.1) is 11.3 Å². The number of benzene rings is 1. The molecule has 24 heavy (non-hydrogen) atoms. The van der Waals surface area contributed by atoms with Crippen LogP contribution in [0.15, 0.2) is 48.1 Å². The zero-order valence-electron chi connectivity index (χ0n) is 13.2. The molecule has 1 aromatic carbocycles. The maximum Gasteiger partial charge on any atom is 0.245 e. The highest BCUT2D eigenvalue weighted by Gasteiger charge is 2.29. The summed E-state index contributed by atoms with van der Waals surface area (Å²) in [4.78, 5) is 23.3. The quantitative estimate of drug-likeness (QED) is 0.793. The molecule has 1 unspecified atom stereocenters. The van der Waals surface area contributed by atoms with Gasteiger partial charge in [0.05, 0.1) is 10.2 Å². The first-order valence-electron chi connectivity index (χ1n) is 8.09. The van der Waals surface area contributed by atoms with Gasteiger partial charge in [-0.3, -0.25) is 4.79 Å². The van der Waals surface area contributed by atoms with E-state index in [4.69, 9.17) is 0 Å². The fourth-order valence-electron chi connectivity index (χ4n) is 3.09. The topological polar surface area (TPSA) is 58.1 Å². The van der Waals surface area contributed by atoms with Gasteiger partial charge in [0.1, 0.15) is 18.2 Å². The van der Waals surface area contributed by atoms with Gasteiger partial charge in [-0.1, -0.05) is 30.3 Å². The molecule has 1 atom stereocenters. The average molecular weight is 338 g/mol. The molecule has 1 fully saturated rings. The van der Waals surface area contributed by atoms with E-state index >= 15 is 0 Å². The molecule has 1 saturated heterocycles. The molecule has 0 saturated carbocycles. The van der Waals surface area contributed by atoms with E-state index in [9.17, 15) is 4.79 Å². The lowest BCUT2D eigenvalue weighted by atomic mass is 10.0. The van der Waals surface area contributed by atoms with E-state index in [0.717, 1.165) is 41.0 Å². The minimum Gasteiger partial charge on any atom is -0.357 e. The molecule has 6 heteroatoms. The van der Waals surface area contributed by atoms with Crippen molar-refractivity contribution in [2.75, 3.05) is 11.9 Å². The number of aromatic nitrogens is 2. The molecule has 5 nitrogen and oxygen atoms in total. The lowest BCUT2D eigenvalue weighted by molar-refractivity contribution is -0.134. The number of carbonyl (C=O) groups is 1. The van der Waals surface area contributed by atoms with Crippen LogP contribution < -0.4 is 5.32 Å². The molecule has 1 amide bonds. The van der Waals surface area contributed by atoms with Crippen molar-refractivity contribution in [3.63, 3.8) is 0 Å². The number of rotatable bonds is 4. The lowest BCUT2D eigenvalue weighted by Crippen LogP contribution is -2.47. The third-order valence-electron chi connectivity index (χ3n) is 4.30. The number of likely N-dealkylation sites (tertiary alicyclic amines) is 1. The zero-order valence-corrected chi connectivity index (χ0v) is 14.0. The van der Waals surface area contributed by atoms with E-state index < -0.39 is 0 Å². The van der Waals surface area contributed by atoms with Crippen LogP contribution in [-0.4, -0.2) is 33.4 Å². The van der Waals surface area contributed by atoms with Gasteiger partial charge in [-0.25, -0.2) is 9.97 Å². The number of thiophene rings is 1. The summed E-state index contributed by atoms with van der Waals surface area (Å²) in [6.45, 7) is 1.47. The summed E-state index contributed by atoms with van der Waals surface area (Å²) in [5.74, 6) is 0.906. The molecule has 0 bridgehead atoms. The van der Waals surface area contributed by atoms with Crippen LogP contribution in [0.3, 0.4) is 0 Å². The largest absolute Gasteiger partial charge is 0.357 e. The van der Waals surface area contributed by atoms with Crippen LogP contribution in [0.25, 0.3) is 10.2 Å². The Balaban J connectivity index is 1.51. The van der Waals surface area contributed by atoms with Crippen molar-refractivity contribution in [3.05, 3.63) is 53.7 Å². The van der Waals surface area contributed by atoms with Gasteiger partial charge < -0.3 is 10.2 Å². The predicted molar refractivity (Wildman–Crippen MR) is 95.9 cm³/mol. The van der Waals surface area contributed by atoms with Gasteiger partial charge in [-0.05, 0) is 29.9 Å². The molecule has 3 aromatic rings. The fraction of sp³-hybridized carbons (Fsp3) is 0.278. The number of nitrogens with one attached hydrogen (secondary N) is 1. The van der Waals surface area contributed by atoms with Crippen LogP contribution >= 0.6 is 11.3 Å². The number of carbonyl (C=O) groups excluding carboxylic acids is 1. The predicted octanol–water partition coefficient (Wildman–Crippen LogP) is 3.29. The van der Waals surface area contributed by atoms with Crippen molar-refractivity contribution in [1.29, 1.82) is 0 Å². The highest BCUT2D eigenvalue weighted by Crippen LogP contribution is 2.27. The second-order valence-corrected chi connectivity index (χ2v) is 6.86. The monoisotopic (exact) mass is 338 g/mol. The smallest absolute Gasteiger partial charge is 0.245 e. The van der Waals surface area contributed by atoms with Gasteiger partial charge in [0, 0.05) is 13.1 Å². The van der Waals surface area contributed by atoms with Crippen LogP contribution in [0.2, 0.25) is 0 Å². The second kappa shape index (κ2) is 6.57. The Morgan fingerprint density at radius 2 is 2.08 bits per heavy atom. The van der Waals surface area contributed by atoms with E-state index in [1.807, 2.05) is 34.5 Å². The van der Waals surface area contributed by atoms with Crippen molar-refractivity contribution < 1.29 is 4.79 Å². The van der Waals surface area contributed by atoms with Crippen molar-refractivity contribution >= 4 is 33.3 Å². The molecular formula is C18H18N4OS. The van der Waals surface area contributed by atoms with Gasteiger partial charge in [-0.2, -0.15) is 0 Å². The number of nitrogens with zero attached hydrogens (tertiary/aromatic N) is 3. The summed E-state index contributed by atoms with van der Waals surface area (Å²) < 4.78 is 1.01. The van der Waals surface area contributed by atoms with Crippen molar-refractivity contribution in [1.82, 2.24) is 14.9 Å². The van der Waals surface area contributed by atoms with Gasteiger partial charge in [0.25, 0.3) is 0 Å². The van der Waals surface area contributed by atoms with E-state index in [0.29, 0.717) is 6.54 Å². The first-order valence-corrected chi connectivity index (χ1v) is 8.97. The third kappa shape index (κ3) is 2.97. The normalized spacial score (nSPS) is 18.1. The Kier molecular flexibility index (Phi) is 4.13. The Hall–Kier alpha value is -2.47. The summed E-state index contributed by atoms with van der Waals surface area (Å²) in [5, 5.41) is 5.34. The molecule has 3 heterocycles. The lowest BCUT2D eigenvalue weighted by Gasteiger charge is -2.33. The van der Waals surface area contributed by atoms with Crippen LogP contribution in [-0.2, 0) is 11.3 Å². The Labute approximate surface area is 144 Å². The number of hydrogen-bond donors (Lipinski definition) is 1. The molecule has 1 N–H and O–H groups in total. The first kappa shape index (κ1) is 15.1. The SMILES string of the molecule is O=C1C(Nc2ncnc3ccsc23)CCCN1Cc1ccccc1. The molecule has 1 aliphatic heterocycles. The molecule has 0 spiro atoms. The van der Waals surface area contributed by atoms with Gasteiger partial charge in [0.15, 0.2) is 0 Å².